The molecule has 0 fully saturated rings. The van der Waals surface area contributed by atoms with Gasteiger partial charge in [-0.1, -0.05) is 0 Å². The lowest BCUT2D eigenvalue weighted by Crippen LogP contribution is -2.45. The van der Waals surface area contributed by atoms with E-state index in [-0.39, 0.29) is 12.1 Å². The number of rotatable bonds is 1. The summed E-state index contributed by atoms with van der Waals surface area (Å²) in [6.07, 6.45) is 3.23. The van der Waals surface area contributed by atoms with E-state index in [2.05, 4.69) is 4.98 Å². The van der Waals surface area contributed by atoms with Crippen molar-refractivity contribution in [2.45, 2.75) is 39.0 Å². The van der Waals surface area contributed by atoms with Crippen LogP contribution in [0.15, 0.2) is 12.5 Å². The van der Waals surface area contributed by atoms with Crippen molar-refractivity contribution in [1.82, 2.24) is 14.5 Å². The quantitative estimate of drug-likeness (QED) is 0.813. The standard InChI is InChI=1S/C12H20N4O2/c1-12(2,3)18-11(17)15-6-9(4-13)16-8-14-5-10(16)7-15/h5,8-9H,4,6-7,13H2,1-3H3. The van der Waals surface area contributed by atoms with E-state index in [0.29, 0.717) is 19.6 Å². The molecule has 0 saturated heterocycles. The minimum Gasteiger partial charge on any atom is -0.444 e. The van der Waals surface area contributed by atoms with Crippen molar-refractivity contribution in [3.05, 3.63) is 18.2 Å². The first-order chi connectivity index (χ1) is 8.40. The third-order valence-corrected chi connectivity index (χ3v) is 2.85. The number of nitrogens with zero attached hydrogens (tertiary/aromatic N) is 3. The van der Waals surface area contributed by atoms with E-state index in [1.165, 1.54) is 0 Å². The highest BCUT2D eigenvalue weighted by Gasteiger charge is 2.30. The first kappa shape index (κ1) is 12.9. The molecule has 2 rings (SSSR count). The molecule has 0 radical (unpaired) electrons. The van der Waals surface area contributed by atoms with E-state index in [9.17, 15) is 4.79 Å². The molecule has 100 valence electrons. The van der Waals surface area contributed by atoms with Gasteiger partial charge in [0.2, 0.25) is 0 Å². The van der Waals surface area contributed by atoms with E-state index in [1.54, 1.807) is 17.4 Å². The zero-order chi connectivity index (χ0) is 13.3. The van der Waals surface area contributed by atoms with E-state index in [4.69, 9.17) is 10.5 Å². The summed E-state index contributed by atoms with van der Waals surface area (Å²) in [6, 6.07) is 0.0729. The number of amides is 1. The minimum atomic E-state index is -0.479. The van der Waals surface area contributed by atoms with Gasteiger partial charge in [0.25, 0.3) is 0 Å². The zero-order valence-electron chi connectivity index (χ0n) is 11.1. The fraction of sp³-hybridized carbons (Fsp3) is 0.667. The molecule has 0 aromatic carbocycles. The van der Waals surface area contributed by atoms with Crippen LogP contribution in [0, 0.1) is 0 Å². The van der Waals surface area contributed by atoms with Gasteiger partial charge in [-0.15, -0.1) is 0 Å². The third kappa shape index (κ3) is 2.64. The average molecular weight is 252 g/mol. The van der Waals surface area contributed by atoms with Crippen molar-refractivity contribution in [3.8, 4) is 0 Å². The predicted molar refractivity (Wildman–Crippen MR) is 67.0 cm³/mol. The summed E-state index contributed by atoms with van der Waals surface area (Å²) in [7, 11) is 0. The summed E-state index contributed by atoms with van der Waals surface area (Å²) >= 11 is 0. The third-order valence-electron chi connectivity index (χ3n) is 2.85. The van der Waals surface area contributed by atoms with Gasteiger partial charge < -0.3 is 19.9 Å². The van der Waals surface area contributed by atoms with E-state index < -0.39 is 5.60 Å². The van der Waals surface area contributed by atoms with E-state index in [0.717, 1.165) is 5.69 Å². The number of aromatic nitrogens is 2. The second-order valence-corrected chi connectivity index (χ2v) is 5.54. The van der Waals surface area contributed by atoms with Gasteiger partial charge >= 0.3 is 6.09 Å². The summed E-state index contributed by atoms with van der Waals surface area (Å²) in [6.45, 7) is 7.14. The topological polar surface area (TPSA) is 73.4 Å². The van der Waals surface area contributed by atoms with Crippen molar-refractivity contribution in [2.24, 2.45) is 5.73 Å². The SMILES string of the molecule is CC(C)(C)OC(=O)N1Cc2cncn2C(CN)C1. The van der Waals surface area contributed by atoms with Gasteiger partial charge in [0.15, 0.2) is 0 Å². The van der Waals surface area contributed by atoms with Crippen molar-refractivity contribution in [2.75, 3.05) is 13.1 Å². The molecule has 0 saturated carbocycles. The van der Waals surface area contributed by atoms with Crippen LogP contribution in [0.1, 0.15) is 32.5 Å². The summed E-state index contributed by atoms with van der Waals surface area (Å²) in [5, 5.41) is 0. The molecule has 1 aliphatic heterocycles. The Morgan fingerprint density at radius 3 is 2.94 bits per heavy atom. The van der Waals surface area contributed by atoms with Crippen molar-refractivity contribution < 1.29 is 9.53 Å². The van der Waals surface area contributed by atoms with E-state index in [1.807, 2.05) is 25.3 Å². The molecule has 1 atom stereocenters. The Kier molecular flexibility index (Phi) is 3.30. The molecular weight excluding hydrogens is 232 g/mol. The predicted octanol–water partition coefficient (Wildman–Crippen LogP) is 1.13. The highest BCUT2D eigenvalue weighted by molar-refractivity contribution is 5.68. The lowest BCUT2D eigenvalue weighted by molar-refractivity contribution is 0.0170. The summed E-state index contributed by atoms with van der Waals surface area (Å²) < 4.78 is 7.41. The van der Waals surface area contributed by atoms with Crippen LogP contribution in [0.5, 0.6) is 0 Å². The molecule has 6 nitrogen and oxygen atoms in total. The van der Waals surface area contributed by atoms with Crippen LogP contribution >= 0.6 is 0 Å². The van der Waals surface area contributed by atoms with Crippen LogP contribution in [0.4, 0.5) is 4.79 Å². The van der Waals surface area contributed by atoms with Crippen LogP contribution < -0.4 is 5.73 Å². The monoisotopic (exact) mass is 252 g/mol. The Bertz CT molecular complexity index is 436. The molecule has 2 heterocycles. The smallest absolute Gasteiger partial charge is 0.410 e. The van der Waals surface area contributed by atoms with Gasteiger partial charge in [0.1, 0.15) is 5.60 Å². The van der Waals surface area contributed by atoms with Gasteiger partial charge in [-0.3, -0.25) is 0 Å². The molecule has 18 heavy (non-hydrogen) atoms. The van der Waals surface area contributed by atoms with Gasteiger partial charge in [-0.05, 0) is 20.8 Å². The second-order valence-electron chi connectivity index (χ2n) is 5.54. The number of carbonyl (C=O) groups is 1. The number of carbonyl (C=O) groups excluding carboxylic acids is 1. The maximum Gasteiger partial charge on any atom is 0.410 e. The largest absolute Gasteiger partial charge is 0.444 e. The van der Waals surface area contributed by atoms with Gasteiger partial charge in [-0.25, -0.2) is 9.78 Å². The molecule has 2 N–H and O–H groups in total. The zero-order valence-corrected chi connectivity index (χ0v) is 11.1. The van der Waals surface area contributed by atoms with Crippen molar-refractivity contribution in [3.63, 3.8) is 0 Å². The summed E-state index contributed by atoms with van der Waals surface area (Å²) in [4.78, 5) is 17.8. The summed E-state index contributed by atoms with van der Waals surface area (Å²) in [5.74, 6) is 0. The molecule has 1 aliphatic rings. The molecule has 1 amide bonds. The molecule has 1 aromatic rings. The Morgan fingerprint density at radius 2 is 2.33 bits per heavy atom. The van der Waals surface area contributed by atoms with Crippen molar-refractivity contribution in [1.29, 1.82) is 0 Å². The molecule has 6 heteroatoms. The number of fused-ring (bicyclic) bond motifs is 1. The first-order valence-electron chi connectivity index (χ1n) is 6.09. The second kappa shape index (κ2) is 4.61. The van der Waals surface area contributed by atoms with Crippen LogP contribution in [0.3, 0.4) is 0 Å². The number of hydrogen-bond acceptors (Lipinski definition) is 4. The fourth-order valence-corrected chi connectivity index (χ4v) is 2.04. The lowest BCUT2D eigenvalue weighted by Gasteiger charge is -2.34. The van der Waals surface area contributed by atoms with Crippen LogP contribution in [0.2, 0.25) is 0 Å². The number of nitrogens with two attached hydrogens (primary N) is 1. The lowest BCUT2D eigenvalue weighted by atomic mass is 10.2. The van der Waals surface area contributed by atoms with Crippen LogP contribution in [0.25, 0.3) is 0 Å². The maximum atomic E-state index is 12.0. The van der Waals surface area contributed by atoms with Crippen LogP contribution in [-0.4, -0.2) is 39.2 Å². The normalized spacial score (nSPS) is 19.6. The van der Waals surface area contributed by atoms with E-state index >= 15 is 0 Å². The molecule has 1 aromatic heterocycles. The molecule has 0 spiro atoms. The summed E-state index contributed by atoms with van der Waals surface area (Å²) in [5.41, 5.74) is 6.25. The molecule has 1 unspecified atom stereocenters. The first-order valence-corrected chi connectivity index (χ1v) is 6.09. The highest BCUT2D eigenvalue weighted by Crippen LogP contribution is 2.21. The van der Waals surface area contributed by atoms with Gasteiger partial charge in [0.05, 0.1) is 24.6 Å². The number of imidazole rings is 1. The molecule has 0 bridgehead atoms. The van der Waals surface area contributed by atoms with Crippen molar-refractivity contribution >= 4 is 6.09 Å². The Morgan fingerprint density at radius 1 is 1.61 bits per heavy atom. The van der Waals surface area contributed by atoms with Gasteiger partial charge in [0, 0.05) is 19.3 Å². The highest BCUT2D eigenvalue weighted by atomic mass is 16.6. The Hall–Kier alpha value is -1.56. The fourth-order valence-electron chi connectivity index (χ4n) is 2.04. The maximum absolute atomic E-state index is 12.0. The average Bonchev–Trinajstić information content (AvgIpc) is 2.73. The van der Waals surface area contributed by atoms with Crippen LogP contribution in [-0.2, 0) is 11.3 Å². The molecular formula is C12H20N4O2. The molecule has 0 aliphatic carbocycles. The number of hydrogen-bond donors (Lipinski definition) is 1. The Labute approximate surface area is 107 Å². The minimum absolute atomic E-state index is 0.0729. The number of ether oxygens (including phenoxy) is 1. The van der Waals surface area contributed by atoms with Gasteiger partial charge in [-0.2, -0.15) is 0 Å². The Balaban J connectivity index is 2.12.